The first-order chi connectivity index (χ1) is 11.3. The average molecular weight is 308 g/mol. The predicted octanol–water partition coefficient (Wildman–Crippen LogP) is 3.11. The second kappa shape index (κ2) is 5.95. The van der Waals surface area contributed by atoms with Gasteiger partial charge in [0.25, 0.3) is 5.91 Å². The second-order valence-electron chi connectivity index (χ2n) is 6.00. The number of carbonyl (C=O) groups is 1. The highest BCUT2D eigenvalue weighted by atomic mass is 16.5. The minimum Gasteiger partial charge on any atom is -0.488 e. The van der Waals surface area contributed by atoms with Gasteiger partial charge in [-0.05, 0) is 36.6 Å². The van der Waals surface area contributed by atoms with Crippen LogP contribution in [0.5, 0.6) is 0 Å². The van der Waals surface area contributed by atoms with Crippen LogP contribution in [0, 0.1) is 0 Å². The Balaban J connectivity index is 1.73. The average Bonchev–Trinajstić information content (AvgIpc) is 3.10. The van der Waals surface area contributed by atoms with Crippen molar-refractivity contribution in [2.75, 3.05) is 13.2 Å². The van der Waals surface area contributed by atoms with E-state index in [1.54, 1.807) is 0 Å². The Kier molecular flexibility index (Phi) is 3.66. The first-order valence-electron chi connectivity index (χ1n) is 8.18. The molecule has 2 aliphatic rings. The molecule has 0 unspecified atom stereocenters. The molecule has 1 aromatic heterocycles. The highest BCUT2D eigenvalue weighted by molar-refractivity contribution is 5.92. The van der Waals surface area contributed by atoms with E-state index >= 15 is 0 Å². The summed E-state index contributed by atoms with van der Waals surface area (Å²) >= 11 is 0. The molecule has 0 saturated carbocycles. The molecule has 1 amide bonds. The first-order valence-corrected chi connectivity index (χ1v) is 8.18. The van der Waals surface area contributed by atoms with Crippen LogP contribution in [0.4, 0.5) is 0 Å². The van der Waals surface area contributed by atoms with Gasteiger partial charge in [-0.2, -0.15) is 0 Å². The van der Waals surface area contributed by atoms with E-state index in [1.807, 2.05) is 29.2 Å². The highest BCUT2D eigenvalue weighted by Crippen LogP contribution is 2.33. The van der Waals surface area contributed by atoms with Crippen LogP contribution in [0.2, 0.25) is 0 Å². The van der Waals surface area contributed by atoms with Crippen molar-refractivity contribution in [1.82, 2.24) is 9.47 Å². The summed E-state index contributed by atoms with van der Waals surface area (Å²) in [6.45, 7) is 2.16. The Morgan fingerprint density at radius 1 is 1.09 bits per heavy atom. The van der Waals surface area contributed by atoms with Crippen LogP contribution in [-0.2, 0) is 16.1 Å². The molecule has 0 spiro atoms. The van der Waals surface area contributed by atoms with Gasteiger partial charge in [-0.25, -0.2) is 0 Å². The van der Waals surface area contributed by atoms with E-state index in [1.165, 1.54) is 0 Å². The zero-order valence-corrected chi connectivity index (χ0v) is 13.0. The van der Waals surface area contributed by atoms with Crippen LogP contribution in [0.3, 0.4) is 0 Å². The summed E-state index contributed by atoms with van der Waals surface area (Å²) in [6.07, 6.45) is 5.92. The Morgan fingerprint density at radius 2 is 1.96 bits per heavy atom. The number of hydrogen-bond donors (Lipinski definition) is 0. The van der Waals surface area contributed by atoms with Crippen molar-refractivity contribution in [1.29, 1.82) is 0 Å². The number of rotatable bonds is 2. The zero-order valence-electron chi connectivity index (χ0n) is 13.0. The minimum atomic E-state index is -0.0566. The van der Waals surface area contributed by atoms with Gasteiger partial charge < -0.3 is 14.2 Å². The third-order valence-electron chi connectivity index (χ3n) is 4.56. The molecule has 4 heteroatoms. The normalized spacial score (nSPS) is 20.4. The van der Waals surface area contributed by atoms with Crippen molar-refractivity contribution in [2.24, 2.45) is 0 Å². The number of ether oxygens (including phenoxy) is 1. The molecule has 0 N–H and O–H groups in total. The van der Waals surface area contributed by atoms with Gasteiger partial charge in [0, 0.05) is 25.0 Å². The third-order valence-corrected chi connectivity index (χ3v) is 4.56. The fourth-order valence-electron chi connectivity index (χ4n) is 3.44. The molecule has 0 bridgehead atoms. The van der Waals surface area contributed by atoms with Gasteiger partial charge >= 0.3 is 0 Å². The van der Waals surface area contributed by atoms with Crippen molar-refractivity contribution in [2.45, 2.75) is 25.4 Å². The molecule has 3 heterocycles. The van der Waals surface area contributed by atoms with Gasteiger partial charge in [0.1, 0.15) is 0 Å². The Labute approximate surface area is 136 Å². The summed E-state index contributed by atoms with van der Waals surface area (Å²) in [7, 11) is 0. The number of fused-ring (bicyclic) bond motifs is 1. The van der Waals surface area contributed by atoms with Crippen LogP contribution in [0.1, 0.15) is 30.1 Å². The third kappa shape index (κ3) is 2.54. The van der Waals surface area contributed by atoms with Gasteiger partial charge in [-0.15, -0.1) is 0 Å². The Hall–Kier alpha value is -2.49. The highest BCUT2D eigenvalue weighted by Gasteiger charge is 2.34. The van der Waals surface area contributed by atoms with E-state index in [4.69, 9.17) is 4.74 Å². The van der Waals surface area contributed by atoms with Crippen molar-refractivity contribution in [3.63, 3.8) is 0 Å². The number of carbonyl (C=O) groups excluding carboxylic acids is 1. The number of benzene rings is 1. The van der Waals surface area contributed by atoms with E-state index < -0.39 is 0 Å². The van der Waals surface area contributed by atoms with Gasteiger partial charge in [0.2, 0.25) is 0 Å². The zero-order chi connectivity index (χ0) is 15.6. The minimum absolute atomic E-state index is 0.00556. The lowest BCUT2D eigenvalue weighted by atomic mass is 9.99. The summed E-state index contributed by atoms with van der Waals surface area (Å²) in [5.41, 5.74) is 2.30. The van der Waals surface area contributed by atoms with E-state index in [0.29, 0.717) is 18.9 Å². The molecule has 1 atom stereocenters. The monoisotopic (exact) mass is 308 g/mol. The van der Waals surface area contributed by atoms with Crippen molar-refractivity contribution in [3.05, 3.63) is 71.8 Å². The van der Waals surface area contributed by atoms with Crippen LogP contribution < -0.4 is 0 Å². The molecule has 0 aliphatic carbocycles. The molecule has 4 rings (SSSR count). The fraction of sp³-hybridized carbons (Fsp3) is 0.316. The fourth-order valence-corrected chi connectivity index (χ4v) is 3.44. The molecule has 2 aliphatic heterocycles. The van der Waals surface area contributed by atoms with Crippen molar-refractivity contribution >= 4 is 5.91 Å². The summed E-state index contributed by atoms with van der Waals surface area (Å²) in [6, 6.07) is 14.3. The second-order valence-corrected chi connectivity index (χ2v) is 6.00. The first kappa shape index (κ1) is 14.1. The molecule has 23 heavy (non-hydrogen) atoms. The molecular weight excluding hydrogens is 288 g/mol. The van der Waals surface area contributed by atoms with Crippen LogP contribution >= 0.6 is 0 Å². The maximum atomic E-state index is 13.0. The molecule has 1 aromatic carbocycles. The summed E-state index contributed by atoms with van der Waals surface area (Å²) in [4.78, 5) is 14.9. The number of allylic oxidation sites excluding steroid dienone is 1. The topological polar surface area (TPSA) is 34.5 Å². The number of hydrogen-bond acceptors (Lipinski definition) is 2. The van der Waals surface area contributed by atoms with Crippen LogP contribution in [0.15, 0.2) is 60.5 Å². The molecule has 0 fully saturated rings. The maximum Gasteiger partial charge on any atom is 0.289 e. The van der Waals surface area contributed by atoms with Gasteiger partial charge in [-0.1, -0.05) is 30.3 Å². The maximum absolute atomic E-state index is 13.0. The lowest BCUT2D eigenvalue weighted by Crippen LogP contribution is -2.43. The lowest BCUT2D eigenvalue weighted by Gasteiger charge is -2.38. The van der Waals surface area contributed by atoms with Gasteiger partial charge in [-0.3, -0.25) is 4.79 Å². The van der Waals surface area contributed by atoms with E-state index in [2.05, 4.69) is 35.0 Å². The van der Waals surface area contributed by atoms with Crippen LogP contribution in [-0.4, -0.2) is 28.5 Å². The molecule has 118 valence electrons. The summed E-state index contributed by atoms with van der Waals surface area (Å²) in [5.74, 6) is 0.517. The summed E-state index contributed by atoms with van der Waals surface area (Å²) < 4.78 is 7.84. The largest absolute Gasteiger partial charge is 0.488 e. The van der Waals surface area contributed by atoms with E-state index in [-0.39, 0.29) is 11.9 Å². The molecule has 0 radical (unpaired) electrons. The Morgan fingerprint density at radius 3 is 2.74 bits per heavy atom. The smallest absolute Gasteiger partial charge is 0.289 e. The number of aromatic nitrogens is 1. The van der Waals surface area contributed by atoms with Gasteiger partial charge in [0.05, 0.1) is 12.6 Å². The number of nitrogens with zero attached hydrogens (tertiary/aromatic N) is 2. The Bertz CT molecular complexity index is 733. The standard InChI is InChI=1S/C19H20N2O2/c22-19(17-10-4-5-14-23-17)21-13-12-20-11-6-9-16(20)18(21)15-7-2-1-3-8-15/h1-3,6-11,18H,4-5,12-14H2/t18-/m0/s1. The van der Waals surface area contributed by atoms with Crippen molar-refractivity contribution in [3.8, 4) is 0 Å². The van der Waals surface area contributed by atoms with Crippen molar-refractivity contribution < 1.29 is 9.53 Å². The van der Waals surface area contributed by atoms with Gasteiger partial charge in [0.15, 0.2) is 5.76 Å². The SMILES string of the molecule is O=C(C1=CCCCO1)N1CCn2cccc2[C@@H]1c1ccccc1. The summed E-state index contributed by atoms with van der Waals surface area (Å²) in [5, 5.41) is 0. The number of amides is 1. The lowest BCUT2D eigenvalue weighted by molar-refractivity contribution is -0.133. The molecule has 4 nitrogen and oxygen atoms in total. The quantitative estimate of drug-likeness (QED) is 0.854. The van der Waals surface area contributed by atoms with E-state index in [9.17, 15) is 4.79 Å². The molecule has 2 aromatic rings. The molecule has 0 saturated heterocycles. The van der Waals surface area contributed by atoms with E-state index in [0.717, 1.165) is 30.6 Å². The molecular formula is C19H20N2O2. The van der Waals surface area contributed by atoms with Crippen LogP contribution in [0.25, 0.3) is 0 Å². The predicted molar refractivity (Wildman–Crippen MR) is 87.7 cm³/mol.